The number of anilines is 1. The van der Waals surface area contributed by atoms with Crippen molar-refractivity contribution in [1.29, 1.82) is 0 Å². The highest BCUT2D eigenvalue weighted by Crippen LogP contribution is 2.40. The van der Waals surface area contributed by atoms with Crippen molar-refractivity contribution in [1.82, 2.24) is 0 Å². The minimum Gasteiger partial charge on any atom is -0.398 e. The zero-order chi connectivity index (χ0) is 23.3. The van der Waals surface area contributed by atoms with Crippen LogP contribution < -0.4 is 5.73 Å². The first-order chi connectivity index (χ1) is 16.3. The van der Waals surface area contributed by atoms with Gasteiger partial charge >= 0.3 is 0 Å². The topological polar surface area (TPSA) is 26.0 Å². The van der Waals surface area contributed by atoms with Crippen molar-refractivity contribution >= 4 is 16.5 Å². The molecule has 0 atom stereocenters. The van der Waals surface area contributed by atoms with Crippen LogP contribution in [-0.4, -0.2) is 0 Å². The van der Waals surface area contributed by atoms with E-state index < -0.39 is 0 Å². The van der Waals surface area contributed by atoms with Gasteiger partial charge in [0.1, 0.15) is 0 Å². The molecule has 3 aromatic carbocycles. The highest BCUT2D eigenvalue weighted by Gasteiger charge is 2.18. The van der Waals surface area contributed by atoms with Crippen LogP contribution in [0.2, 0.25) is 0 Å². The number of hydrogen-bond donors (Lipinski definition) is 1. The first kappa shape index (κ1) is 25.3. The zero-order valence-corrected chi connectivity index (χ0v) is 21.2. The van der Waals surface area contributed by atoms with Crippen molar-refractivity contribution in [2.45, 2.75) is 104 Å². The Labute approximate surface area is 202 Å². The molecular weight excluding hydrogens is 398 g/mol. The van der Waals surface area contributed by atoms with Crippen molar-refractivity contribution in [2.75, 3.05) is 5.73 Å². The Balaban J connectivity index is 1.94. The van der Waals surface area contributed by atoms with Gasteiger partial charge in [-0.2, -0.15) is 0 Å². The Morgan fingerprint density at radius 2 is 1.00 bits per heavy atom. The van der Waals surface area contributed by atoms with Gasteiger partial charge in [-0.05, 0) is 47.8 Å². The molecule has 1 heteroatoms. The van der Waals surface area contributed by atoms with Crippen LogP contribution in [0.5, 0.6) is 0 Å². The lowest BCUT2D eigenvalue weighted by Gasteiger charge is -2.21. The van der Waals surface area contributed by atoms with Gasteiger partial charge in [-0.25, -0.2) is 0 Å². The van der Waals surface area contributed by atoms with Crippen molar-refractivity contribution in [2.24, 2.45) is 0 Å². The summed E-state index contributed by atoms with van der Waals surface area (Å²) in [4.78, 5) is 0. The molecule has 3 rings (SSSR count). The van der Waals surface area contributed by atoms with Gasteiger partial charge in [-0.1, -0.05) is 133 Å². The number of unbranched alkanes of at least 4 members (excludes halogenated alkanes) is 10. The van der Waals surface area contributed by atoms with Crippen LogP contribution in [0.3, 0.4) is 0 Å². The number of nitrogen functional groups attached to an aromatic ring is 1. The Hall–Kier alpha value is -2.28. The molecule has 0 aliphatic carbocycles. The molecule has 0 saturated heterocycles. The van der Waals surface area contributed by atoms with Crippen LogP contribution in [0.25, 0.3) is 21.9 Å². The fourth-order valence-electron chi connectivity index (χ4n) is 5.25. The van der Waals surface area contributed by atoms with E-state index in [9.17, 15) is 0 Å². The second-order valence-corrected chi connectivity index (χ2v) is 9.69. The SMILES string of the molecule is CCCCCCCCc1c(-c2ccccc2)c(N)c2ccccc2c1CCCCCCCC. The predicted octanol–water partition coefficient (Wildman–Crippen LogP) is 9.89. The van der Waals surface area contributed by atoms with Crippen LogP contribution in [-0.2, 0) is 12.8 Å². The molecule has 0 spiro atoms. The molecule has 0 unspecified atom stereocenters. The van der Waals surface area contributed by atoms with Gasteiger partial charge in [0.2, 0.25) is 0 Å². The smallest absolute Gasteiger partial charge is 0.0476 e. The number of nitrogens with two attached hydrogens (primary N) is 1. The van der Waals surface area contributed by atoms with Crippen LogP contribution in [0, 0.1) is 0 Å². The predicted molar refractivity (Wildman–Crippen MR) is 148 cm³/mol. The normalized spacial score (nSPS) is 11.3. The Morgan fingerprint density at radius 1 is 0.515 bits per heavy atom. The Kier molecular flexibility index (Phi) is 10.8. The molecule has 1 nitrogen and oxygen atoms in total. The highest BCUT2D eigenvalue weighted by atomic mass is 14.6. The second kappa shape index (κ2) is 14.1. The van der Waals surface area contributed by atoms with E-state index in [4.69, 9.17) is 5.73 Å². The van der Waals surface area contributed by atoms with Crippen molar-refractivity contribution < 1.29 is 0 Å². The van der Waals surface area contributed by atoms with Crippen molar-refractivity contribution in [3.63, 3.8) is 0 Å². The van der Waals surface area contributed by atoms with E-state index in [1.165, 1.54) is 105 Å². The van der Waals surface area contributed by atoms with E-state index in [0.717, 1.165) is 18.5 Å². The maximum Gasteiger partial charge on any atom is 0.0476 e. The van der Waals surface area contributed by atoms with E-state index in [2.05, 4.69) is 68.4 Å². The summed E-state index contributed by atoms with van der Waals surface area (Å²) in [5.41, 5.74) is 13.5. The summed E-state index contributed by atoms with van der Waals surface area (Å²) < 4.78 is 0. The second-order valence-electron chi connectivity index (χ2n) is 9.69. The molecule has 0 fully saturated rings. The van der Waals surface area contributed by atoms with Crippen molar-refractivity contribution in [3.05, 3.63) is 65.7 Å². The number of fused-ring (bicyclic) bond motifs is 1. The molecule has 2 N–H and O–H groups in total. The molecule has 0 radical (unpaired) electrons. The molecule has 0 aliphatic heterocycles. The van der Waals surface area contributed by atoms with E-state index in [0.29, 0.717) is 0 Å². The summed E-state index contributed by atoms with van der Waals surface area (Å²) in [6.07, 6.45) is 18.3. The molecule has 0 heterocycles. The van der Waals surface area contributed by atoms with Crippen LogP contribution >= 0.6 is 0 Å². The summed E-state index contributed by atoms with van der Waals surface area (Å²) in [6, 6.07) is 19.7. The van der Waals surface area contributed by atoms with Crippen LogP contribution in [0.1, 0.15) is 102 Å². The maximum absolute atomic E-state index is 6.90. The standard InChI is InChI=1S/C32H45N/c1-3-5-7-9-11-16-22-27-28-23-18-19-25-30(28)32(33)31(26-20-14-13-15-21-26)29(27)24-17-12-10-8-6-4-2/h13-15,18-21,23,25H,3-12,16-17,22,24,33H2,1-2H3. The zero-order valence-electron chi connectivity index (χ0n) is 21.2. The first-order valence-electron chi connectivity index (χ1n) is 13.6. The highest BCUT2D eigenvalue weighted by molar-refractivity contribution is 6.04. The summed E-state index contributed by atoms with van der Waals surface area (Å²) in [7, 11) is 0. The molecule has 33 heavy (non-hydrogen) atoms. The summed E-state index contributed by atoms with van der Waals surface area (Å²) >= 11 is 0. The number of hydrogen-bond acceptors (Lipinski definition) is 1. The number of aryl methyl sites for hydroxylation is 1. The minimum absolute atomic E-state index is 0.962. The van der Waals surface area contributed by atoms with Crippen molar-refractivity contribution in [3.8, 4) is 11.1 Å². The average Bonchev–Trinajstić information content (AvgIpc) is 2.85. The minimum atomic E-state index is 0.962. The van der Waals surface area contributed by atoms with Gasteiger partial charge in [0, 0.05) is 16.6 Å². The summed E-state index contributed by atoms with van der Waals surface area (Å²) in [5, 5.41) is 2.60. The van der Waals surface area contributed by atoms with Gasteiger partial charge in [0.25, 0.3) is 0 Å². The largest absolute Gasteiger partial charge is 0.398 e. The molecule has 0 bridgehead atoms. The Morgan fingerprint density at radius 3 is 1.61 bits per heavy atom. The molecule has 0 aromatic heterocycles. The van der Waals surface area contributed by atoms with Gasteiger partial charge in [0.05, 0.1) is 0 Å². The third-order valence-electron chi connectivity index (χ3n) is 7.10. The van der Waals surface area contributed by atoms with Gasteiger partial charge in [-0.15, -0.1) is 0 Å². The molecule has 178 valence electrons. The fourth-order valence-corrected chi connectivity index (χ4v) is 5.25. The van der Waals surface area contributed by atoms with E-state index >= 15 is 0 Å². The third kappa shape index (κ3) is 7.10. The van der Waals surface area contributed by atoms with Gasteiger partial charge in [-0.3, -0.25) is 0 Å². The third-order valence-corrected chi connectivity index (χ3v) is 7.10. The average molecular weight is 444 g/mol. The molecule has 0 amide bonds. The molecule has 0 saturated carbocycles. The fraction of sp³-hybridized carbons (Fsp3) is 0.500. The summed E-state index contributed by atoms with van der Waals surface area (Å²) in [6.45, 7) is 4.58. The lowest BCUT2D eigenvalue weighted by atomic mass is 9.84. The lowest BCUT2D eigenvalue weighted by molar-refractivity contribution is 0.600. The van der Waals surface area contributed by atoms with Crippen LogP contribution in [0.15, 0.2) is 54.6 Å². The number of benzene rings is 3. The van der Waals surface area contributed by atoms with E-state index in [1.807, 2.05) is 0 Å². The lowest BCUT2D eigenvalue weighted by Crippen LogP contribution is -2.05. The maximum atomic E-state index is 6.90. The van der Waals surface area contributed by atoms with Crippen LogP contribution in [0.4, 0.5) is 5.69 Å². The van der Waals surface area contributed by atoms with Gasteiger partial charge in [0.15, 0.2) is 0 Å². The van der Waals surface area contributed by atoms with E-state index in [-0.39, 0.29) is 0 Å². The number of rotatable bonds is 15. The molecular formula is C32H45N. The molecule has 0 aliphatic rings. The molecule has 3 aromatic rings. The van der Waals surface area contributed by atoms with Gasteiger partial charge < -0.3 is 5.73 Å². The quantitative estimate of drug-likeness (QED) is 0.183. The van der Waals surface area contributed by atoms with E-state index in [1.54, 1.807) is 5.56 Å². The monoisotopic (exact) mass is 443 g/mol. The summed E-state index contributed by atoms with van der Waals surface area (Å²) in [5.74, 6) is 0. The Bertz CT molecular complexity index is 957. The first-order valence-corrected chi connectivity index (χ1v) is 13.6.